The van der Waals surface area contributed by atoms with Crippen molar-refractivity contribution in [2.45, 2.75) is 13.0 Å². The van der Waals surface area contributed by atoms with Crippen molar-refractivity contribution in [3.63, 3.8) is 0 Å². The summed E-state index contributed by atoms with van der Waals surface area (Å²) < 4.78 is 5.32. The average molecular weight is 362 g/mol. The molecule has 0 saturated carbocycles. The highest BCUT2D eigenvalue weighted by atomic mass is 16.5. The van der Waals surface area contributed by atoms with E-state index in [4.69, 9.17) is 4.74 Å². The number of anilines is 1. The Bertz CT molecular complexity index is 867. The Hall–Kier alpha value is -3.41. The summed E-state index contributed by atoms with van der Waals surface area (Å²) in [5.74, 6) is 1.18. The quantitative estimate of drug-likeness (QED) is 0.644. The van der Waals surface area contributed by atoms with Gasteiger partial charge in [-0.15, -0.1) is 0 Å². The maximum atomic E-state index is 12.2. The summed E-state index contributed by atoms with van der Waals surface area (Å²) in [6.07, 6.45) is 3.81. The number of nitrogens with one attached hydrogen (secondary N) is 2. The van der Waals surface area contributed by atoms with Crippen molar-refractivity contribution < 1.29 is 9.53 Å². The van der Waals surface area contributed by atoms with Crippen LogP contribution < -0.4 is 15.4 Å². The van der Waals surface area contributed by atoms with Gasteiger partial charge in [-0.1, -0.05) is 48.5 Å². The molecule has 2 N–H and O–H groups in total. The molecule has 0 aliphatic heterocycles. The topological polar surface area (TPSA) is 76.1 Å². The normalized spacial score (nSPS) is 10.3. The van der Waals surface area contributed by atoms with Crippen LogP contribution in [0.4, 0.5) is 5.82 Å². The van der Waals surface area contributed by atoms with Gasteiger partial charge in [-0.05, 0) is 18.1 Å². The van der Waals surface area contributed by atoms with Gasteiger partial charge in [-0.2, -0.15) is 0 Å². The molecule has 0 bridgehead atoms. The molecule has 0 unspecified atom stereocenters. The van der Waals surface area contributed by atoms with Gasteiger partial charge in [0.05, 0.1) is 19.5 Å². The van der Waals surface area contributed by atoms with Gasteiger partial charge in [0, 0.05) is 18.7 Å². The molecule has 3 aromatic rings. The number of carbonyl (C=O) groups is 1. The number of ether oxygens (including phenoxy) is 1. The first-order valence-electron chi connectivity index (χ1n) is 8.76. The minimum Gasteiger partial charge on any atom is -0.496 e. The Labute approximate surface area is 158 Å². The number of aromatic nitrogens is 2. The third-order valence-electron chi connectivity index (χ3n) is 4.08. The van der Waals surface area contributed by atoms with Crippen LogP contribution in [0.3, 0.4) is 0 Å². The van der Waals surface area contributed by atoms with Gasteiger partial charge in [0.15, 0.2) is 0 Å². The highest BCUT2D eigenvalue weighted by molar-refractivity contribution is 5.91. The fourth-order valence-corrected chi connectivity index (χ4v) is 2.63. The number of hydrogen-bond donors (Lipinski definition) is 2. The summed E-state index contributed by atoms with van der Waals surface area (Å²) in [5, 5.41) is 6.04. The van der Waals surface area contributed by atoms with Crippen LogP contribution in [0.2, 0.25) is 0 Å². The summed E-state index contributed by atoms with van der Waals surface area (Å²) in [6, 6.07) is 17.8. The number of rotatable bonds is 8. The van der Waals surface area contributed by atoms with Gasteiger partial charge < -0.3 is 15.4 Å². The number of methoxy groups -OCH3 is 1. The molecule has 1 heterocycles. The number of benzene rings is 2. The minimum atomic E-state index is -0.227. The molecule has 0 aliphatic rings. The van der Waals surface area contributed by atoms with Crippen molar-refractivity contribution >= 4 is 11.7 Å². The number of hydrogen-bond acceptors (Lipinski definition) is 5. The number of amides is 1. The SMILES string of the molecule is COc1ccccc1CNc1cnc(C(=O)NCCc2ccccc2)cn1. The van der Waals surface area contributed by atoms with Gasteiger partial charge in [0.1, 0.15) is 17.3 Å². The summed E-state index contributed by atoms with van der Waals surface area (Å²) in [7, 11) is 1.64. The zero-order valence-electron chi connectivity index (χ0n) is 15.2. The van der Waals surface area contributed by atoms with Crippen molar-refractivity contribution in [3.8, 4) is 5.75 Å². The van der Waals surface area contributed by atoms with Gasteiger partial charge in [-0.3, -0.25) is 4.79 Å². The minimum absolute atomic E-state index is 0.227. The number of para-hydroxylation sites is 1. The fourth-order valence-electron chi connectivity index (χ4n) is 2.63. The first-order chi connectivity index (χ1) is 13.3. The van der Waals surface area contributed by atoms with E-state index in [-0.39, 0.29) is 5.91 Å². The first kappa shape index (κ1) is 18.4. The molecule has 0 spiro atoms. The predicted molar refractivity (Wildman–Crippen MR) is 105 cm³/mol. The van der Waals surface area contributed by atoms with Gasteiger partial charge >= 0.3 is 0 Å². The second kappa shape index (κ2) is 9.33. The fraction of sp³-hybridized carbons (Fsp3) is 0.190. The van der Waals surface area contributed by atoms with Crippen molar-refractivity contribution in [3.05, 3.63) is 83.8 Å². The van der Waals surface area contributed by atoms with Gasteiger partial charge in [0.2, 0.25) is 0 Å². The summed E-state index contributed by atoms with van der Waals surface area (Å²) in [4.78, 5) is 20.6. The van der Waals surface area contributed by atoms with E-state index in [1.807, 2.05) is 54.6 Å². The lowest BCUT2D eigenvalue weighted by Gasteiger charge is -2.10. The maximum Gasteiger partial charge on any atom is 0.271 e. The van der Waals surface area contributed by atoms with Crippen LogP contribution in [0.5, 0.6) is 5.75 Å². The van der Waals surface area contributed by atoms with Crippen molar-refractivity contribution in [2.75, 3.05) is 19.0 Å². The van der Waals surface area contributed by atoms with E-state index in [1.54, 1.807) is 13.3 Å². The molecule has 2 aromatic carbocycles. The molecule has 3 rings (SSSR count). The maximum absolute atomic E-state index is 12.2. The molecule has 0 fully saturated rings. The molecule has 6 heteroatoms. The monoisotopic (exact) mass is 362 g/mol. The number of nitrogens with zero attached hydrogens (tertiary/aromatic N) is 2. The molecular formula is C21H22N4O2. The summed E-state index contributed by atoms with van der Waals surface area (Å²) >= 11 is 0. The lowest BCUT2D eigenvalue weighted by molar-refractivity contribution is 0.0949. The zero-order chi connectivity index (χ0) is 18.9. The largest absolute Gasteiger partial charge is 0.496 e. The van der Waals surface area contributed by atoms with Crippen molar-refractivity contribution in [1.82, 2.24) is 15.3 Å². The third kappa shape index (κ3) is 5.28. The van der Waals surface area contributed by atoms with Crippen LogP contribution in [0.15, 0.2) is 67.0 Å². The van der Waals surface area contributed by atoms with Crippen LogP contribution in [0.1, 0.15) is 21.6 Å². The molecule has 1 aromatic heterocycles. The Morgan fingerprint density at radius 3 is 2.52 bits per heavy atom. The highest BCUT2D eigenvalue weighted by Crippen LogP contribution is 2.18. The summed E-state index contributed by atoms with van der Waals surface area (Å²) in [6.45, 7) is 1.11. The van der Waals surface area contributed by atoms with E-state index in [0.29, 0.717) is 24.6 Å². The van der Waals surface area contributed by atoms with E-state index in [9.17, 15) is 4.79 Å². The standard InChI is InChI=1S/C21H22N4O2/c1-27-19-10-6-5-9-17(19)13-24-20-15-23-18(14-25-20)21(26)22-12-11-16-7-3-2-4-8-16/h2-10,14-15H,11-13H2,1H3,(H,22,26)(H,24,25). The second-order valence-electron chi connectivity index (χ2n) is 5.94. The van der Waals surface area contributed by atoms with Crippen LogP contribution in [-0.4, -0.2) is 29.5 Å². The second-order valence-corrected chi connectivity index (χ2v) is 5.94. The molecular weight excluding hydrogens is 340 g/mol. The predicted octanol–water partition coefficient (Wildman–Crippen LogP) is 3.07. The molecule has 0 radical (unpaired) electrons. The molecule has 1 amide bonds. The molecule has 0 atom stereocenters. The molecule has 0 aliphatic carbocycles. The lowest BCUT2D eigenvalue weighted by atomic mass is 10.1. The third-order valence-corrected chi connectivity index (χ3v) is 4.08. The van der Waals surface area contributed by atoms with Gasteiger partial charge in [0.25, 0.3) is 5.91 Å². The Morgan fingerprint density at radius 2 is 1.78 bits per heavy atom. The van der Waals surface area contributed by atoms with E-state index < -0.39 is 0 Å². The Kier molecular flexibility index (Phi) is 6.35. The zero-order valence-corrected chi connectivity index (χ0v) is 15.2. The van der Waals surface area contributed by atoms with Crippen LogP contribution >= 0.6 is 0 Å². The average Bonchev–Trinajstić information content (AvgIpc) is 2.73. The molecule has 6 nitrogen and oxygen atoms in total. The molecule has 0 saturated heterocycles. The Morgan fingerprint density at radius 1 is 1.00 bits per heavy atom. The van der Waals surface area contributed by atoms with Crippen molar-refractivity contribution in [2.24, 2.45) is 0 Å². The summed E-state index contributed by atoms with van der Waals surface area (Å²) in [5.41, 5.74) is 2.50. The van der Waals surface area contributed by atoms with Crippen molar-refractivity contribution in [1.29, 1.82) is 0 Å². The highest BCUT2D eigenvalue weighted by Gasteiger charge is 2.08. The van der Waals surface area contributed by atoms with Gasteiger partial charge in [-0.25, -0.2) is 9.97 Å². The molecule has 138 valence electrons. The number of carbonyl (C=O) groups excluding carboxylic acids is 1. The van der Waals surface area contributed by atoms with Crippen LogP contribution in [0.25, 0.3) is 0 Å². The van der Waals surface area contributed by atoms with E-state index >= 15 is 0 Å². The van der Waals surface area contributed by atoms with E-state index in [2.05, 4.69) is 20.6 Å². The molecule has 27 heavy (non-hydrogen) atoms. The van der Waals surface area contributed by atoms with E-state index in [1.165, 1.54) is 11.8 Å². The Balaban J connectivity index is 1.49. The smallest absolute Gasteiger partial charge is 0.271 e. The lowest BCUT2D eigenvalue weighted by Crippen LogP contribution is -2.26. The van der Waals surface area contributed by atoms with Crippen LogP contribution in [-0.2, 0) is 13.0 Å². The van der Waals surface area contributed by atoms with Crippen LogP contribution in [0, 0.1) is 0 Å². The first-order valence-corrected chi connectivity index (χ1v) is 8.76. The van der Waals surface area contributed by atoms with E-state index in [0.717, 1.165) is 17.7 Å².